The molecule has 0 fully saturated rings. The second-order valence-corrected chi connectivity index (χ2v) is 9.17. The Kier molecular flexibility index (Phi) is 5.68. The van der Waals surface area contributed by atoms with Crippen molar-refractivity contribution in [1.82, 2.24) is 8.87 Å². The molecule has 0 saturated heterocycles. The summed E-state index contributed by atoms with van der Waals surface area (Å²) < 4.78 is 80.9. The number of hydrogen-bond acceptors (Lipinski definition) is 4. The summed E-state index contributed by atoms with van der Waals surface area (Å²) in [6.07, 6.45) is -2.82. The third-order valence-corrected chi connectivity index (χ3v) is 7.35. The summed E-state index contributed by atoms with van der Waals surface area (Å²) in [4.78, 5) is -0.417. The first-order valence-corrected chi connectivity index (χ1v) is 11.2. The summed E-state index contributed by atoms with van der Waals surface area (Å²) in [6.45, 7) is 0.439. The Bertz CT molecular complexity index is 1240. The first-order chi connectivity index (χ1) is 15.2. The van der Waals surface area contributed by atoms with Gasteiger partial charge in [-0.1, -0.05) is 6.07 Å². The van der Waals surface area contributed by atoms with E-state index in [2.05, 4.69) is 0 Å². The summed E-state index contributed by atoms with van der Waals surface area (Å²) in [5.41, 5.74) is 0.190. The van der Waals surface area contributed by atoms with Crippen molar-refractivity contribution in [3.8, 4) is 11.5 Å². The molecule has 170 valence electrons. The number of alkyl halides is 3. The fraction of sp³-hybridized carbons (Fsp3) is 0.273. The zero-order valence-electron chi connectivity index (χ0n) is 17.3. The van der Waals surface area contributed by atoms with Crippen molar-refractivity contribution in [3.05, 3.63) is 77.6 Å². The smallest absolute Gasteiger partial charge is 0.416 e. The lowest BCUT2D eigenvalue weighted by molar-refractivity contribution is -0.137. The molecule has 3 aromatic rings. The number of sulfonamides is 1. The minimum atomic E-state index is -4.66. The van der Waals surface area contributed by atoms with Crippen LogP contribution in [0.2, 0.25) is 0 Å². The quantitative estimate of drug-likeness (QED) is 0.562. The summed E-state index contributed by atoms with van der Waals surface area (Å²) in [5.74, 6) is 0.940. The minimum Gasteiger partial charge on any atom is -0.497 e. The van der Waals surface area contributed by atoms with Crippen molar-refractivity contribution >= 4 is 10.0 Å². The van der Waals surface area contributed by atoms with E-state index < -0.39 is 32.7 Å². The van der Waals surface area contributed by atoms with Crippen LogP contribution in [0.1, 0.15) is 22.9 Å². The molecular weight excluding hydrogens is 445 g/mol. The molecule has 4 rings (SSSR count). The van der Waals surface area contributed by atoms with Gasteiger partial charge < -0.3 is 14.0 Å². The fourth-order valence-electron chi connectivity index (χ4n) is 3.96. The molecule has 1 aliphatic rings. The van der Waals surface area contributed by atoms with Gasteiger partial charge in [-0.3, -0.25) is 0 Å². The van der Waals surface area contributed by atoms with Gasteiger partial charge in [0.2, 0.25) is 10.0 Å². The molecular formula is C22H21F3N2O4S. The molecule has 0 aliphatic carbocycles. The van der Waals surface area contributed by atoms with Crippen molar-refractivity contribution in [2.75, 3.05) is 20.8 Å². The topological polar surface area (TPSA) is 60.8 Å². The average molecular weight is 466 g/mol. The van der Waals surface area contributed by atoms with E-state index in [1.165, 1.54) is 24.6 Å². The normalized spacial score (nSPS) is 17.1. The van der Waals surface area contributed by atoms with Gasteiger partial charge in [0, 0.05) is 30.5 Å². The van der Waals surface area contributed by atoms with Gasteiger partial charge in [-0.05, 0) is 48.5 Å². The maximum atomic E-state index is 13.6. The maximum absolute atomic E-state index is 13.6. The van der Waals surface area contributed by atoms with E-state index in [0.717, 1.165) is 12.1 Å². The zero-order valence-corrected chi connectivity index (χ0v) is 18.2. The van der Waals surface area contributed by atoms with Gasteiger partial charge in [0.05, 0.1) is 30.7 Å². The highest BCUT2D eigenvalue weighted by Gasteiger charge is 2.40. The minimum absolute atomic E-state index is 0.0747. The van der Waals surface area contributed by atoms with Gasteiger partial charge in [-0.2, -0.15) is 17.5 Å². The van der Waals surface area contributed by atoms with E-state index in [1.54, 1.807) is 30.3 Å². The molecule has 0 radical (unpaired) electrons. The van der Waals surface area contributed by atoms with Gasteiger partial charge in [-0.25, -0.2) is 8.42 Å². The highest BCUT2D eigenvalue weighted by molar-refractivity contribution is 7.89. The third kappa shape index (κ3) is 3.84. The average Bonchev–Trinajstić information content (AvgIpc) is 3.26. The third-order valence-electron chi connectivity index (χ3n) is 5.49. The number of nitrogens with zero attached hydrogens (tertiary/aromatic N) is 2. The van der Waals surface area contributed by atoms with Crippen LogP contribution in [0.15, 0.2) is 65.7 Å². The van der Waals surface area contributed by atoms with Gasteiger partial charge in [0.1, 0.15) is 11.5 Å². The van der Waals surface area contributed by atoms with Gasteiger partial charge in [0.25, 0.3) is 0 Å². The number of halogens is 3. The second-order valence-electron chi connectivity index (χ2n) is 7.28. The molecule has 1 unspecified atom stereocenters. The van der Waals surface area contributed by atoms with Crippen molar-refractivity contribution in [2.45, 2.75) is 23.7 Å². The van der Waals surface area contributed by atoms with Crippen molar-refractivity contribution in [3.63, 3.8) is 0 Å². The predicted molar refractivity (Wildman–Crippen MR) is 111 cm³/mol. The second kappa shape index (κ2) is 8.18. The van der Waals surface area contributed by atoms with Gasteiger partial charge in [0.15, 0.2) is 0 Å². The number of aromatic nitrogens is 1. The van der Waals surface area contributed by atoms with E-state index in [0.29, 0.717) is 35.4 Å². The molecule has 0 spiro atoms. The number of benzene rings is 2. The fourth-order valence-corrected chi connectivity index (χ4v) is 5.58. The summed E-state index contributed by atoms with van der Waals surface area (Å²) in [5, 5.41) is 0. The Morgan fingerprint density at radius 2 is 1.75 bits per heavy atom. The lowest BCUT2D eigenvalue weighted by Crippen LogP contribution is -2.42. The first kappa shape index (κ1) is 22.2. The van der Waals surface area contributed by atoms with E-state index >= 15 is 0 Å². The number of fused-ring (bicyclic) bond motifs is 1. The SMILES string of the molecule is COc1ccc(OC)c(C2c3cccn3CCN2S(=O)(=O)c2cccc(C(F)(F)F)c2)c1. The van der Waals surface area contributed by atoms with Gasteiger partial charge >= 0.3 is 6.18 Å². The van der Waals surface area contributed by atoms with Crippen LogP contribution >= 0.6 is 0 Å². The molecule has 1 aromatic heterocycles. The van der Waals surface area contributed by atoms with Crippen LogP contribution in [-0.2, 0) is 22.7 Å². The monoisotopic (exact) mass is 466 g/mol. The van der Waals surface area contributed by atoms with Crippen molar-refractivity contribution in [2.24, 2.45) is 0 Å². The van der Waals surface area contributed by atoms with E-state index in [1.807, 2.05) is 10.8 Å². The zero-order chi connectivity index (χ0) is 23.1. The molecule has 2 aromatic carbocycles. The van der Waals surface area contributed by atoms with Crippen LogP contribution in [0.25, 0.3) is 0 Å². The van der Waals surface area contributed by atoms with Crippen LogP contribution in [-0.4, -0.2) is 38.1 Å². The molecule has 32 heavy (non-hydrogen) atoms. The Balaban J connectivity index is 1.89. The Morgan fingerprint density at radius 1 is 0.969 bits per heavy atom. The number of rotatable bonds is 5. The van der Waals surface area contributed by atoms with E-state index in [4.69, 9.17) is 9.47 Å². The predicted octanol–water partition coefficient (Wildman–Crippen LogP) is 4.32. The standard InChI is InChI=1S/C22H21F3N2O4S/c1-30-16-8-9-20(31-2)18(14-16)21-19-7-4-10-26(19)11-12-27(21)32(28,29)17-6-3-5-15(13-17)22(23,24)25/h3-10,13-14,21H,11-12H2,1-2H3. The summed E-state index contributed by atoms with van der Waals surface area (Å²) in [7, 11) is -1.32. The Morgan fingerprint density at radius 3 is 2.44 bits per heavy atom. The van der Waals surface area contributed by atoms with Crippen LogP contribution in [0.4, 0.5) is 13.2 Å². The molecule has 0 bridgehead atoms. The molecule has 10 heteroatoms. The van der Waals surface area contributed by atoms with Gasteiger partial charge in [-0.15, -0.1) is 0 Å². The Labute approximate surface area is 183 Å². The number of methoxy groups -OCH3 is 2. The van der Waals surface area contributed by atoms with Crippen LogP contribution in [0.5, 0.6) is 11.5 Å². The Hall–Kier alpha value is -2.98. The lowest BCUT2D eigenvalue weighted by atomic mass is 10.0. The highest BCUT2D eigenvalue weighted by Crippen LogP contribution is 2.42. The van der Waals surface area contributed by atoms with E-state index in [9.17, 15) is 21.6 Å². The highest BCUT2D eigenvalue weighted by atomic mass is 32.2. The molecule has 6 nitrogen and oxygen atoms in total. The molecule has 0 amide bonds. The molecule has 0 N–H and O–H groups in total. The van der Waals surface area contributed by atoms with Crippen LogP contribution in [0.3, 0.4) is 0 Å². The van der Waals surface area contributed by atoms with Crippen molar-refractivity contribution < 1.29 is 31.1 Å². The van der Waals surface area contributed by atoms with Crippen LogP contribution < -0.4 is 9.47 Å². The molecule has 2 heterocycles. The maximum Gasteiger partial charge on any atom is 0.416 e. The number of ether oxygens (including phenoxy) is 2. The summed E-state index contributed by atoms with van der Waals surface area (Å²) in [6, 6.07) is 11.6. The lowest BCUT2D eigenvalue weighted by Gasteiger charge is -2.37. The van der Waals surface area contributed by atoms with Crippen LogP contribution in [0, 0.1) is 0 Å². The van der Waals surface area contributed by atoms with Crippen molar-refractivity contribution in [1.29, 1.82) is 0 Å². The first-order valence-electron chi connectivity index (χ1n) is 9.73. The van der Waals surface area contributed by atoms with E-state index in [-0.39, 0.29) is 6.54 Å². The molecule has 1 atom stereocenters. The number of hydrogen-bond donors (Lipinski definition) is 0. The molecule has 1 aliphatic heterocycles. The largest absolute Gasteiger partial charge is 0.497 e. The molecule has 0 saturated carbocycles. The summed E-state index contributed by atoms with van der Waals surface area (Å²) >= 11 is 0.